The fraction of sp³-hybridized carbons (Fsp3) is 0.0500. The van der Waals surface area contributed by atoms with Crippen molar-refractivity contribution >= 4 is 39.7 Å². The second-order valence-corrected chi connectivity index (χ2v) is 6.86. The minimum atomic E-state index is -0.455. The SMILES string of the molecule is O=C(NN=Cc1ccc(OCc2cccc(F)c2)c(Br)c1)c1cccnc1Cl. The zero-order valence-corrected chi connectivity index (χ0v) is 16.7. The van der Waals surface area contributed by atoms with E-state index in [-0.39, 0.29) is 23.1 Å². The van der Waals surface area contributed by atoms with Gasteiger partial charge in [0.1, 0.15) is 23.3 Å². The van der Waals surface area contributed by atoms with Gasteiger partial charge >= 0.3 is 0 Å². The van der Waals surface area contributed by atoms with Crippen molar-refractivity contribution in [1.82, 2.24) is 10.4 Å². The van der Waals surface area contributed by atoms with Crippen LogP contribution in [0.1, 0.15) is 21.5 Å². The van der Waals surface area contributed by atoms with Crippen molar-refractivity contribution < 1.29 is 13.9 Å². The summed E-state index contributed by atoms with van der Waals surface area (Å²) in [5.74, 6) is -0.155. The second-order valence-electron chi connectivity index (χ2n) is 5.65. The molecule has 0 aliphatic carbocycles. The maximum Gasteiger partial charge on any atom is 0.274 e. The monoisotopic (exact) mass is 461 g/mol. The van der Waals surface area contributed by atoms with Crippen molar-refractivity contribution in [2.45, 2.75) is 6.61 Å². The average molecular weight is 463 g/mol. The Morgan fingerprint density at radius 1 is 1.25 bits per heavy atom. The number of benzene rings is 2. The summed E-state index contributed by atoms with van der Waals surface area (Å²) < 4.78 is 19.6. The summed E-state index contributed by atoms with van der Waals surface area (Å²) in [6.45, 7) is 0.242. The molecular formula is C20H14BrClFN3O2. The number of aromatic nitrogens is 1. The molecule has 3 aromatic rings. The molecule has 0 saturated heterocycles. The predicted molar refractivity (Wildman–Crippen MR) is 109 cm³/mol. The van der Waals surface area contributed by atoms with Gasteiger partial charge in [-0.05, 0) is 69.5 Å². The van der Waals surface area contributed by atoms with Crippen LogP contribution >= 0.6 is 27.5 Å². The number of nitrogens with zero attached hydrogens (tertiary/aromatic N) is 2. The lowest BCUT2D eigenvalue weighted by molar-refractivity contribution is 0.0955. The first kappa shape index (κ1) is 20.0. The Balaban J connectivity index is 1.60. The highest BCUT2D eigenvalue weighted by Gasteiger charge is 2.09. The van der Waals surface area contributed by atoms with Gasteiger partial charge in [-0.25, -0.2) is 14.8 Å². The third-order valence-corrected chi connectivity index (χ3v) is 4.54. The van der Waals surface area contributed by atoms with E-state index in [2.05, 4.69) is 31.4 Å². The zero-order valence-electron chi connectivity index (χ0n) is 14.4. The molecule has 0 aliphatic rings. The molecule has 0 spiro atoms. The molecule has 0 radical (unpaired) electrons. The number of nitrogens with one attached hydrogen (secondary N) is 1. The van der Waals surface area contributed by atoms with Gasteiger partial charge in [-0.1, -0.05) is 23.7 Å². The number of rotatable bonds is 6. The molecule has 5 nitrogen and oxygen atoms in total. The first-order valence-electron chi connectivity index (χ1n) is 8.13. The lowest BCUT2D eigenvalue weighted by atomic mass is 10.2. The first-order valence-corrected chi connectivity index (χ1v) is 9.31. The summed E-state index contributed by atoms with van der Waals surface area (Å²) in [6, 6.07) is 14.7. The van der Waals surface area contributed by atoms with Gasteiger partial charge in [-0.15, -0.1) is 0 Å². The normalized spacial score (nSPS) is 10.8. The van der Waals surface area contributed by atoms with Crippen LogP contribution in [-0.4, -0.2) is 17.1 Å². The number of hydrogen-bond donors (Lipinski definition) is 1. The maximum absolute atomic E-state index is 13.2. The van der Waals surface area contributed by atoms with E-state index in [0.717, 1.165) is 11.1 Å². The second kappa shape index (κ2) is 9.43. The van der Waals surface area contributed by atoms with Crippen LogP contribution in [0.15, 0.2) is 70.4 Å². The van der Waals surface area contributed by atoms with Crippen LogP contribution < -0.4 is 10.2 Å². The number of pyridine rings is 1. The molecule has 1 heterocycles. The standard InChI is InChI=1S/C20H14BrClFN3O2/c21-17-10-13(11-25-26-20(27)16-5-2-8-24-19(16)22)6-7-18(17)28-12-14-3-1-4-15(23)9-14/h1-11H,12H2,(H,26,27). The zero-order chi connectivity index (χ0) is 19.9. The van der Waals surface area contributed by atoms with Gasteiger partial charge in [0.2, 0.25) is 0 Å². The fourth-order valence-corrected chi connectivity index (χ4v) is 3.00. The lowest BCUT2D eigenvalue weighted by Gasteiger charge is -2.09. The quantitative estimate of drug-likeness (QED) is 0.319. The number of halogens is 3. The number of hydrazone groups is 1. The van der Waals surface area contributed by atoms with Gasteiger partial charge in [-0.2, -0.15) is 5.10 Å². The molecule has 142 valence electrons. The molecule has 1 amide bonds. The summed E-state index contributed by atoms with van der Waals surface area (Å²) in [6.07, 6.45) is 2.99. The molecule has 0 saturated carbocycles. The van der Waals surface area contributed by atoms with Gasteiger partial charge in [0, 0.05) is 6.20 Å². The van der Waals surface area contributed by atoms with Crippen molar-refractivity contribution in [2.75, 3.05) is 0 Å². The van der Waals surface area contributed by atoms with Crippen molar-refractivity contribution in [3.63, 3.8) is 0 Å². The van der Waals surface area contributed by atoms with Gasteiger partial charge in [0.05, 0.1) is 16.3 Å². The fourth-order valence-electron chi connectivity index (χ4n) is 2.28. The van der Waals surface area contributed by atoms with Crippen LogP contribution in [0.4, 0.5) is 4.39 Å². The lowest BCUT2D eigenvalue weighted by Crippen LogP contribution is -2.18. The molecule has 0 aliphatic heterocycles. The number of hydrogen-bond acceptors (Lipinski definition) is 4. The molecule has 1 aromatic heterocycles. The first-order chi connectivity index (χ1) is 13.5. The smallest absolute Gasteiger partial charge is 0.274 e. The number of amides is 1. The van der Waals surface area contributed by atoms with Gasteiger partial charge in [0.25, 0.3) is 5.91 Å². The highest BCUT2D eigenvalue weighted by molar-refractivity contribution is 9.10. The van der Waals surface area contributed by atoms with Crippen molar-refractivity contribution in [3.05, 3.63) is 92.9 Å². The van der Waals surface area contributed by atoms with E-state index in [1.807, 2.05) is 0 Å². The van der Waals surface area contributed by atoms with E-state index in [4.69, 9.17) is 16.3 Å². The van der Waals surface area contributed by atoms with Gasteiger partial charge in [0.15, 0.2) is 0 Å². The molecule has 8 heteroatoms. The molecule has 28 heavy (non-hydrogen) atoms. The number of carbonyl (C=O) groups is 1. The average Bonchev–Trinajstić information content (AvgIpc) is 2.67. The highest BCUT2D eigenvalue weighted by Crippen LogP contribution is 2.26. The Kier molecular flexibility index (Phi) is 6.73. The van der Waals surface area contributed by atoms with Crippen LogP contribution in [0.5, 0.6) is 5.75 Å². The van der Waals surface area contributed by atoms with Crippen LogP contribution in [0.3, 0.4) is 0 Å². The Hall–Kier alpha value is -2.77. The molecule has 3 rings (SSSR count). The van der Waals surface area contributed by atoms with Crippen molar-refractivity contribution in [1.29, 1.82) is 0 Å². The number of ether oxygens (including phenoxy) is 1. The molecule has 0 fully saturated rings. The van der Waals surface area contributed by atoms with Crippen LogP contribution in [0.25, 0.3) is 0 Å². The molecule has 2 aromatic carbocycles. The topological polar surface area (TPSA) is 63.6 Å². The Morgan fingerprint density at radius 2 is 2.11 bits per heavy atom. The predicted octanol–water partition coefficient (Wildman–Crippen LogP) is 4.98. The Bertz CT molecular complexity index is 1030. The highest BCUT2D eigenvalue weighted by atomic mass is 79.9. The van der Waals surface area contributed by atoms with E-state index in [9.17, 15) is 9.18 Å². The van der Waals surface area contributed by atoms with E-state index in [0.29, 0.717) is 10.2 Å². The Labute approximate surface area is 174 Å². The minimum absolute atomic E-state index is 0.109. The summed E-state index contributed by atoms with van der Waals surface area (Å²) in [4.78, 5) is 15.9. The van der Waals surface area contributed by atoms with Crippen LogP contribution in [0.2, 0.25) is 5.15 Å². The summed E-state index contributed by atoms with van der Waals surface area (Å²) in [5.41, 5.74) is 4.11. The summed E-state index contributed by atoms with van der Waals surface area (Å²) in [5, 5.41) is 4.03. The van der Waals surface area contributed by atoms with Crippen LogP contribution in [0, 0.1) is 5.82 Å². The maximum atomic E-state index is 13.2. The molecule has 0 unspecified atom stereocenters. The van der Waals surface area contributed by atoms with Crippen molar-refractivity contribution in [3.8, 4) is 5.75 Å². The third-order valence-electron chi connectivity index (χ3n) is 3.62. The molecule has 0 atom stereocenters. The molecular weight excluding hydrogens is 449 g/mol. The van der Waals surface area contributed by atoms with E-state index < -0.39 is 5.91 Å². The minimum Gasteiger partial charge on any atom is -0.488 e. The van der Waals surface area contributed by atoms with Gasteiger partial charge < -0.3 is 4.74 Å². The largest absolute Gasteiger partial charge is 0.488 e. The summed E-state index contributed by atoms with van der Waals surface area (Å²) >= 11 is 9.30. The Morgan fingerprint density at radius 3 is 2.86 bits per heavy atom. The van der Waals surface area contributed by atoms with E-state index in [1.54, 1.807) is 42.5 Å². The third kappa shape index (κ3) is 5.37. The van der Waals surface area contributed by atoms with Gasteiger partial charge in [-0.3, -0.25) is 4.79 Å². The summed E-state index contributed by atoms with van der Waals surface area (Å²) in [7, 11) is 0. The van der Waals surface area contributed by atoms with Crippen molar-refractivity contribution in [2.24, 2.45) is 5.10 Å². The van der Waals surface area contributed by atoms with Crippen LogP contribution in [-0.2, 0) is 6.61 Å². The number of carbonyl (C=O) groups excluding carboxylic acids is 1. The molecule has 0 bridgehead atoms. The van der Waals surface area contributed by atoms with E-state index >= 15 is 0 Å². The van der Waals surface area contributed by atoms with E-state index in [1.165, 1.54) is 24.5 Å². The molecule has 1 N–H and O–H groups in total.